The van der Waals surface area contributed by atoms with Crippen molar-refractivity contribution in [2.75, 3.05) is 18.0 Å². The molecule has 160 valence electrons. The minimum atomic E-state index is -3.28. The van der Waals surface area contributed by atoms with Crippen molar-refractivity contribution in [2.45, 2.75) is 50.8 Å². The lowest BCUT2D eigenvalue weighted by Crippen LogP contribution is -2.39. The summed E-state index contributed by atoms with van der Waals surface area (Å²) in [5.74, 6) is -0.0235. The van der Waals surface area contributed by atoms with Crippen LogP contribution in [-0.4, -0.2) is 42.0 Å². The van der Waals surface area contributed by atoms with Crippen molar-refractivity contribution in [3.8, 4) is 0 Å². The first-order valence-corrected chi connectivity index (χ1v) is 12.0. The number of pyridine rings is 1. The molecule has 8 heteroatoms. The number of sulfonamides is 1. The van der Waals surface area contributed by atoms with Gasteiger partial charge < -0.3 is 0 Å². The van der Waals surface area contributed by atoms with Gasteiger partial charge in [0.2, 0.25) is 10.0 Å². The van der Waals surface area contributed by atoms with Gasteiger partial charge in [-0.05, 0) is 69.5 Å². The minimum absolute atomic E-state index is 0.0589. The lowest BCUT2D eigenvalue weighted by Gasteiger charge is -2.32. The molecule has 6 nitrogen and oxygen atoms in total. The zero-order valence-corrected chi connectivity index (χ0v) is 19.2. The molecule has 30 heavy (non-hydrogen) atoms. The maximum Gasteiger partial charge on any atom is 0.259 e. The maximum absolute atomic E-state index is 13.2. The zero-order chi connectivity index (χ0) is 21.8. The molecule has 0 bridgehead atoms. The van der Waals surface area contributed by atoms with Crippen LogP contribution in [0.25, 0.3) is 0 Å². The van der Waals surface area contributed by atoms with E-state index in [0.717, 1.165) is 17.5 Å². The van der Waals surface area contributed by atoms with E-state index in [1.54, 1.807) is 47.6 Å². The Labute approximate surface area is 182 Å². The number of aromatic nitrogens is 1. The Balaban J connectivity index is 1.65. The Kier molecular flexibility index (Phi) is 5.19. The van der Waals surface area contributed by atoms with Crippen molar-refractivity contribution < 1.29 is 13.2 Å². The van der Waals surface area contributed by atoms with Crippen LogP contribution in [0.2, 0.25) is 5.02 Å². The Hall–Kier alpha value is -1.96. The average Bonchev–Trinajstić information content (AvgIpc) is 3.25. The second-order valence-corrected chi connectivity index (χ2v) is 11.7. The highest BCUT2D eigenvalue weighted by Gasteiger charge is 2.44. The van der Waals surface area contributed by atoms with E-state index in [1.165, 1.54) is 0 Å². The van der Waals surface area contributed by atoms with Crippen LogP contribution in [0.5, 0.6) is 0 Å². The number of rotatable bonds is 4. The molecule has 1 atom stereocenters. The number of nitrogens with zero attached hydrogens (tertiary/aromatic N) is 3. The molecular formula is C22H26ClN3O3S. The van der Waals surface area contributed by atoms with E-state index in [4.69, 9.17) is 11.6 Å². The molecule has 1 saturated heterocycles. The molecule has 1 amide bonds. The number of hydrogen-bond acceptors (Lipinski definition) is 4. The van der Waals surface area contributed by atoms with Crippen molar-refractivity contribution in [2.24, 2.45) is 0 Å². The predicted molar refractivity (Wildman–Crippen MR) is 119 cm³/mol. The number of amides is 1. The quantitative estimate of drug-likeness (QED) is 0.705. The Morgan fingerprint density at radius 3 is 2.63 bits per heavy atom. The molecule has 2 aliphatic heterocycles. The summed E-state index contributed by atoms with van der Waals surface area (Å²) in [6.45, 7) is 8.34. The first kappa shape index (κ1) is 21.3. The normalized spacial score (nSPS) is 21.5. The molecular weight excluding hydrogens is 422 g/mol. The van der Waals surface area contributed by atoms with Gasteiger partial charge in [-0.3, -0.25) is 14.7 Å². The zero-order valence-electron chi connectivity index (χ0n) is 17.6. The van der Waals surface area contributed by atoms with Crippen molar-refractivity contribution in [1.29, 1.82) is 0 Å². The highest BCUT2D eigenvalue weighted by Crippen LogP contribution is 2.43. The summed E-state index contributed by atoms with van der Waals surface area (Å²) in [5, 5.41) is 0.162. The Morgan fingerprint density at radius 1 is 1.20 bits per heavy atom. The largest absolute Gasteiger partial charge is 0.297 e. The van der Waals surface area contributed by atoms with E-state index in [0.29, 0.717) is 29.4 Å². The van der Waals surface area contributed by atoms with Crippen molar-refractivity contribution in [1.82, 2.24) is 9.29 Å². The summed E-state index contributed by atoms with van der Waals surface area (Å²) in [5.41, 5.74) is 2.62. The van der Waals surface area contributed by atoms with Crippen LogP contribution in [0.4, 0.5) is 5.69 Å². The predicted octanol–water partition coefficient (Wildman–Crippen LogP) is 4.16. The molecule has 1 aromatic carbocycles. The summed E-state index contributed by atoms with van der Waals surface area (Å²) in [4.78, 5) is 19.3. The lowest BCUT2D eigenvalue weighted by atomic mass is 9.93. The number of carbonyl (C=O) groups excluding carboxylic acids is 1. The third kappa shape index (κ3) is 3.33. The van der Waals surface area contributed by atoms with Crippen LogP contribution in [0.3, 0.4) is 0 Å². The van der Waals surface area contributed by atoms with Crippen LogP contribution >= 0.6 is 11.6 Å². The molecule has 1 aromatic heterocycles. The number of hydrogen-bond donors (Lipinski definition) is 0. The second-order valence-electron chi connectivity index (χ2n) is 8.80. The monoisotopic (exact) mass is 447 g/mol. The molecule has 0 N–H and O–H groups in total. The van der Waals surface area contributed by atoms with E-state index < -0.39 is 20.8 Å². The van der Waals surface area contributed by atoms with Gasteiger partial charge in [-0.1, -0.05) is 11.6 Å². The van der Waals surface area contributed by atoms with Crippen molar-refractivity contribution in [3.63, 3.8) is 0 Å². The molecule has 0 saturated carbocycles. The standard InChI is InChI=1S/C22H26ClN3O3S/c1-14(2)30(28,29)25-8-7-15(13-25)16-9-18(12-24-11-16)26-21(27)19-6-5-17(23)10-20(19)22(26,3)4/h5-6,9-12,14-15H,7-8,13H2,1-4H3/t15-/m1/s1. The highest BCUT2D eigenvalue weighted by atomic mass is 35.5. The maximum atomic E-state index is 13.2. The highest BCUT2D eigenvalue weighted by molar-refractivity contribution is 7.89. The molecule has 4 rings (SSSR count). The number of benzene rings is 1. The molecule has 2 aliphatic rings. The van der Waals surface area contributed by atoms with Crippen LogP contribution in [-0.2, 0) is 15.6 Å². The summed E-state index contributed by atoms with van der Waals surface area (Å²) >= 11 is 6.18. The molecule has 3 heterocycles. The smallest absolute Gasteiger partial charge is 0.259 e. The van der Waals surface area contributed by atoms with E-state index in [9.17, 15) is 13.2 Å². The van der Waals surface area contributed by atoms with Crippen molar-refractivity contribution >= 4 is 33.2 Å². The summed E-state index contributed by atoms with van der Waals surface area (Å²) < 4.78 is 26.6. The van der Waals surface area contributed by atoms with Gasteiger partial charge in [-0.15, -0.1) is 0 Å². The van der Waals surface area contributed by atoms with Crippen LogP contribution in [0.1, 0.15) is 61.5 Å². The fourth-order valence-electron chi connectivity index (χ4n) is 4.46. The van der Waals surface area contributed by atoms with Gasteiger partial charge in [-0.2, -0.15) is 0 Å². The first-order chi connectivity index (χ1) is 14.0. The fourth-order valence-corrected chi connectivity index (χ4v) is 5.98. The van der Waals surface area contributed by atoms with Crippen LogP contribution < -0.4 is 4.90 Å². The number of halogens is 1. The van der Waals surface area contributed by atoms with E-state index in [-0.39, 0.29) is 11.8 Å². The van der Waals surface area contributed by atoms with Crippen molar-refractivity contribution in [3.05, 3.63) is 58.4 Å². The SMILES string of the molecule is CC(C)S(=O)(=O)N1CC[C@@H](c2cncc(N3C(=O)c4ccc(Cl)cc4C3(C)C)c2)C1. The molecule has 0 radical (unpaired) electrons. The Morgan fingerprint density at radius 2 is 1.93 bits per heavy atom. The van der Waals surface area contributed by atoms with E-state index in [2.05, 4.69) is 4.98 Å². The topological polar surface area (TPSA) is 70.6 Å². The fraction of sp³-hybridized carbons (Fsp3) is 0.455. The van der Waals surface area contributed by atoms with Gasteiger partial charge in [0.1, 0.15) is 0 Å². The van der Waals surface area contributed by atoms with Crippen LogP contribution in [0, 0.1) is 0 Å². The third-order valence-corrected chi connectivity index (χ3v) is 8.69. The van der Waals surface area contributed by atoms with E-state index >= 15 is 0 Å². The molecule has 0 aliphatic carbocycles. The molecule has 1 fully saturated rings. The van der Waals surface area contributed by atoms with Gasteiger partial charge in [0.25, 0.3) is 5.91 Å². The van der Waals surface area contributed by atoms with Gasteiger partial charge in [-0.25, -0.2) is 12.7 Å². The Bertz CT molecular complexity index is 1110. The molecule has 2 aromatic rings. The first-order valence-electron chi connectivity index (χ1n) is 10.1. The number of anilines is 1. The van der Waals surface area contributed by atoms with Gasteiger partial charge in [0.15, 0.2) is 0 Å². The summed E-state index contributed by atoms with van der Waals surface area (Å²) in [6.07, 6.45) is 4.20. The number of carbonyl (C=O) groups is 1. The van der Waals surface area contributed by atoms with Gasteiger partial charge in [0, 0.05) is 35.8 Å². The molecule has 0 spiro atoms. The third-order valence-electron chi connectivity index (χ3n) is 6.21. The number of fused-ring (bicyclic) bond motifs is 1. The summed E-state index contributed by atoms with van der Waals surface area (Å²) in [6, 6.07) is 7.31. The lowest BCUT2D eigenvalue weighted by molar-refractivity contribution is 0.0982. The minimum Gasteiger partial charge on any atom is -0.297 e. The summed E-state index contributed by atoms with van der Waals surface area (Å²) in [7, 11) is -3.28. The van der Waals surface area contributed by atoms with Gasteiger partial charge in [0.05, 0.1) is 22.7 Å². The average molecular weight is 448 g/mol. The van der Waals surface area contributed by atoms with Crippen LogP contribution in [0.15, 0.2) is 36.7 Å². The van der Waals surface area contributed by atoms with Gasteiger partial charge >= 0.3 is 0 Å². The van der Waals surface area contributed by atoms with E-state index in [1.807, 2.05) is 26.0 Å². The second kappa shape index (κ2) is 7.32. The molecule has 0 unspecified atom stereocenters.